The molecule has 1 aliphatic rings. The van der Waals surface area contributed by atoms with Crippen molar-refractivity contribution in [3.63, 3.8) is 0 Å². The second-order valence-corrected chi connectivity index (χ2v) is 4.48. The highest BCUT2D eigenvalue weighted by molar-refractivity contribution is 6.20. The van der Waals surface area contributed by atoms with Gasteiger partial charge in [-0.2, -0.15) is 0 Å². The van der Waals surface area contributed by atoms with Crippen LogP contribution in [0.4, 0.5) is 0 Å². The van der Waals surface area contributed by atoms with Crippen LogP contribution in [0.3, 0.4) is 0 Å². The van der Waals surface area contributed by atoms with Gasteiger partial charge in [-0.25, -0.2) is 0 Å². The highest BCUT2D eigenvalue weighted by Crippen LogP contribution is 2.23. The van der Waals surface area contributed by atoms with E-state index >= 15 is 0 Å². The molecule has 0 spiro atoms. The lowest BCUT2D eigenvalue weighted by atomic mass is 9.99. The number of carbonyl (C=O) groups is 1. The van der Waals surface area contributed by atoms with E-state index < -0.39 is 0 Å². The largest absolute Gasteiger partial charge is 0.377 e. The van der Waals surface area contributed by atoms with Gasteiger partial charge >= 0.3 is 0 Å². The summed E-state index contributed by atoms with van der Waals surface area (Å²) in [5, 5.41) is 2.82. The van der Waals surface area contributed by atoms with Gasteiger partial charge in [0.1, 0.15) is 0 Å². The number of ether oxygens (including phenoxy) is 1. The van der Waals surface area contributed by atoms with Crippen LogP contribution >= 0.6 is 11.6 Å². The van der Waals surface area contributed by atoms with E-state index in [1.807, 2.05) is 13.8 Å². The zero-order valence-corrected chi connectivity index (χ0v) is 9.51. The molecular weight excluding hydrogens is 202 g/mol. The quantitative estimate of drug-likeness (QED) is 0.729. The van der Waals surface area contributed by atoms with Crippen LogP contribution < -0.4 is 5.32 Å². The first-order valence-corrected chi connectivity index (χ1v) is 5.62. The maximum absolute atomic E-state index is 11.7. The van der Waals surface area contributed by atoms with E-state index in [0.717, 1.165) is 12.8 Å². The molecule has 1 fully saturated rings. The van der Waals surface area contributed by atoms with Crippen molar-refractivity contribution in [1.29, 1.82) is 0 Å². The van der Waals surface area contributed by atoms with Crippen molar-refractivity contribution in [2.75, 3.05) is 13.2 Å². The summed E-state index contributed by atoms with van der Waals surface area (Å²) < 4.78 is 5.45. The lowest BCUT2D eigenvalue weighted by Crippen LogP contribution is -2.37. The van der Waals surface area contributed by atoms with Gasteiger partial charge < -0.3 is 10.1 Å². The van der Waals surface area contributed by atoms with Crippen molar-refractivity contribution < 1.29 is 9.53 Å². The minimum absolute atomic E-state index is 0.0126. The molecule has 4 heteroatoms. The molecule has 1 N–H and O–H groups in total. The molecule has 0 aromatic rings. The smallest absolute Gasteiger partial charge is 0.225 e. The SMILES string of the molecule is CCC1OCCC1C(=O)NCC(C)Cl. The fourth-order valence-corrected chi connectivity index (χ4v) is 1.80. The van der Waals surface area contributed by atoms with E-state index in [-0.39, 0.29) is 23.3 Å². The lowest BCUT2D eigenvalue weighted by Gasteiger charge is -2.16. The number of amides is 1. The Labute approximate surface area is 90.1 Å². The van der Waals surface area contributed by atoms with Gasteiger partial charge in [-0.3, -0.25) is 4.79 Å². The van der Waals surface area contributed by atoms with Crippen molar-refractivity contribution >= 4 is 17.5 Å². The molecule has 0 bridgehead atoms. The van der Waals surface area contributed by atoms with Crippen LogP contribution in [-0.4, -0.2) is 30.5 Å². The van der Waals surface area contributed by atoms with E-state index in [9.17, 15) is 4.79 Å². The fraction of sp³-hybridized carbons (Fsp3) is 0.900. The van der Waals surface area contributed by atoms with Gasteiger partial charge in [-0.1, -0.05) is 6.92 Å². The zero-order chi connectivity index (χ0) is 10.6. The molecule has 14 heavy (non-hydrogen) atoms. The van der Waals surface area contributed by atoms with Crippen molar-refractivity contribution in [1.82, 2.24) is 5.32 Å². The van der Waals surface area contributed by atoms with Gasteiger partial charge in [0, 0.05) is 18.5 Å². The van der Waals surface area contributed by atoms with Crippen LogP contribution in [0.15, 0.2) is 0 Å². The molecule has 1 amide bonds. The van der Waals surface area contributed by atoms with E-state index in [2.05, 4.69) is 5.32 Å². The molecule has 0 radical (unpaired) electrons. The summed E-state index contributed by atoms with van der Waals surface area (Å²) in [4.78, 5) is 11.7. The number of hydrogen-bond donors (Lipinski definition) is 1. The normalized spacial score (nSPS) is 28.8. The van der Waals surface area contributed by atoms with Crippen molar-refractivity contribution in [2.45, 2.75) is 38.2 Å². The van der Waals surface area contributed by atoms with Crippen LogP contribution in [-0.2, 0) is 9.53 Å². The maximum Gasteiger partial charge on any atom is 0.225 e. The topological polar surface area (TPSA) is 38.3 Å². The van der Waals surface area contributed by atoms with Crippen LogP contribution in [0.1, 0.15) is 26.7 Å². The second-order valence-electron chi connectivity index (χ2n) is 3.74. The Kier molecular flexibility index (Phi) is 4.69. The monoisotopic (exact) mass is 219 g/mol. The van der Waals surface area contributed by atoms with E-state index in [4.69, 9.17) is 16.3 Å². The van der Waals surface area contributed by atoms with E-state index in [1.165, 1.54) is 0 Å². The zero-order valence-electron chi connectivity index (χ0n) is 8.75. The average molecular weight is 220 g/mol. The Bertz CT molecular complexity index is 197. The minimum Gasteiger partial charge on any atom is -0.377 e. The van der Waals surface area contributed by atoms with E-state index in [0.29, 0.717) is 13.2 Å². The third-order valence-corrected chi connectivity index (χ3v) is 2.66. The molecule has 3 unspecified atom stereocenters. The molecule has 0 aliphatic carbocycles. The summed E-state index contributed by atoms with van der Waals surface area (Å²) in [5.74, 6) is 0.109. The summed E-state index contributed by atoms with van der Waals surface area (Å²) >= 11 is 5.75. The van der Waals surface area contributed by atoms with Crippen molar-refractivity contribution in [3.8, 4) is 0 Å². The standard InChI is InChI=1S/C10H18ClNO2/c1-3-9-8(4-5-14-9)10(13)12-6-7(2)11/h7-9H,3-6H2,1-2H3,(H,12,13). The first kappa shape index (κ1) is 11.8. The van der Waals surface area contributed by atoms with Crippen molar-refractivity contribution in [2.24, 2.45) is 5.92 Å². The first-order chi connectivity index (χ1) is 6.65. The summed E-state index contributed by atoms with van der Waals surface area (Å²) in [6.45, 7) is 5.14. The van der Waals surface area contributed by atoms with Crippen LogP contribution in [0.25, 0.3) is 0 Å². The van der Waals surface area contributed by atoms with Crippen LogP contribution in [0.5, 0.6) is 0 Å². The Balaban J connectivity index is 2.35. The number of hydrogen-bond acceptors (Lipinski definition) is 2. The second kappa shape index (κ2) is 5.56. The van der Waals surface area contributed by atoms with E-state index in [1.54, 1.807) is 0 Å². The van der Waals surface area contributed by atoms with Gasteiger partial charge in [0.15, 0.2) is 0 Å². The van der Waals surface area contributed by atoms with Crippen LogP contribution in [0.2, 0.25) is 0 Å². The summed E-state index contributed by atoms with van der Waals surface area (Å²) in [7, 11) is 0. The van der Waals surface area contributed by atoms with Gasteiger partial charge in [-0.15, -0.1) is 11.6 Å². The molecule has 3 atom stereocenters. The predicted octanol–water partition coefficient (Wildman–Crippen LogP) is 1.54. The molecule has 1 aliphatic heterocycles. The fourth-order valence-electron chi connectivity index (χ4n) is 1.72. The minimum atomic E-state index is -0.0126. The Morgan fingerprint density at radius 3 is 3.00 bits per heavy atom. The number of alkyl halides is 1. The van der Waals surface area contributed by atoms with Gasteiger partial charge in [0.05, 0.1) is 12.0 Å². The Morgan fingerprint density at radius 2 is 2.43 bits per heavy atom. The first-order valence-electron chi connectivity index (χ1n) is 5.18. The van der Waals surface area contributed by atoms with Crippen molar-refractivity contribution in [3.05, 3.63) is 0 Å². The van der Waals surface area contributed by atoms with Gasteiger partial charge in [0.2, 0.25) is 5.91 Å². The van der Waals surface area contributed by atoms with Crippen LogP contribution in [0, 0.1) is 5.92 Å². The van der Waals surface area contributed by atoms with Gasteiger partial charge in [0.25, 0.3) is 0 Å². The Hall–Kier alpha value is -0.280. The third kappa shape index (κ3) is 3.14. The number of halogens is 1. The molecule has 1 rings (SSSR count). The summed E-state index contributed by atoms with van der Waals surface area (Å²) in [6.07, 6.45) is 1.83. The Morgan fingerprint density at radius 1 is 1.71 bits per heavy atom. The third-order valence-electron chi connectivity index (χ3n) is 2.51. The number of rotatable bonds is 4. The lowest BCUT2D eigenvalue weighted by molar-refractivity contribution is -0.126. The highest BCUT2D eigenvalue weighted by atomic mass is 35.5. The number of carbonyl (C=O) groups excluding carboxylic acids is 1. The molecule has 82 valence electrons. The molecule has 0 aromatic heterocycles. The molecule has 0 saturated carbocycles. The molecule has 1 saturated heterocycles. The molecule has 1 heterocycles. The number of nitrogens with one attached hydrogen (secondary N) is 1. The molecular formula is C10H18ClNO2. The average Bonchev–Trinajstić information content (AvgIpc) is 2.61. The predicted molar refractivity (Wildman–Crippen MR) is 56.5 cm³/mol. The maximum atomic E-state index is 11.7. The van der Waals surface area contributed by atoms with Gasteiger partial charge in [-0.05, 0) is 19.8 Å². The molecule has 3 nitrogen and oxygen atoms in total. The summed E-state index contributed by atoms with van der Waals surface area (Å²) in [6, 6.07) is 0. The molecule has 0 aromatic carbocycles. The summed E-state index contributed by atoms with van der Waals surface area (Å²) in [5.41, 5.74) is 0. The highest BCUT2D eigenvalue weighted by Gasteiger charge is 2.32.